The average molecular weight is 346 g/mol. The molecule has 1 unspecified atom stereocenters. The van der Waals surface area contributed by atoms with Crippen LogP contribution in [0.5, 0.6) is 11.5 Å². The van der Waals surface area contributed by atoms with Crippen molar-refractivity contribution in [2.45, 2.75) is 18.9 Å². The molecule has 0 aliphatic carbocycles. The topological polar surface area (TPSA) is 44.5 Å². The van der Waals surface area contributed by atoms with Gasteiger partial charge in [-0.25, -0.2) is 0 Å². The molecule has 0 amide bonds. The summed E-state index contributed by atoms with van der Waals surface area (Å²) in [5.74, 6) is 1.95. The Morgan fingerprint density at radius 1 is 1.00 bits per heavy atom. The summed E-state index contributed by atoms with van der Waals surface area (Å²) in [6.45, 7) is 1.51. The molecular formula is C17H16BrNO2. The van der Waals surface area contributed by atoms with E-state index in [9.17, 15) is 0 Å². The fourth-order valence-electron chi connectivity index (χ4n) is 3.11. The van der Waals surface area contributed by atoms with E-state index in [4.69, 9.17) is 15.2 Å². The Kier molecular flexibility index (Phi) is 3.16. The average Bonchev–Trinajstić information content (AvgIpc) is 3.12. The SMILES string of the molecule is NC(c1ccc2c(c1)CCO2)c1cc(Br)cc2c1OCC2. The summed E-state index contributed by atoms with van der Waals surface area (Å²) in [5.41, 5.74) is 11.2. The first kappa shape index (κ1) is 13.2. The van der Waals surface area contributed by atoms with Crippen LogP contribution in [0.1, 0.15) is 28.3 Å². The molecule has 2 heterocycles. The van der Waals surface area contributed by atoms with Gasteiger partial charge in [0.25, 0.3) is 0 Å². The van der Waals surface area contributed by atoms with Crippen LogP contribution in [0.25, 0.3) is 0 Å². The minimum absolute atomic E-state index is 0.180. The molecule has 0 spiro atoms. The third-order valence-corrected chi connectivity index (χ3v) is 4.64. The minimum Gasteiger partial charge on any atom is -0.493 e. The predicted octanol–water partition coefficient (Wildman–Crippen LogP) is 3.37. The largest absolute Gasteiger partial charge is 0.493 e. The number of fused-ring (bicyclic) bond motifs is 2. The number of ether oxygens (including phenoxy) is 2. The van der Waals surface area contributed by atoms with Gasteiger partial charge in [0.05, 0.1) is 19.3 Å². The van der Waals surface area contributed by atoms with Crippen LogP contribution >= 0.6 is 15.9 Å². The molecule has 0 fully saturated rings. The third kappa shape index (κ3) is 2.23. The predicted molar refractivity (Wildman–Crippen MR) is 85.0 cm³/mol. The third-order valence-electron chi connectivity index (χ3n) is 4.18. The standard InChI is InChI=1S/C17H16BrNO2/c18-13-8-12-4-6-21-17(12)14(9-13)16(19)11-1-2-15-10(7-11)3-5-20-15/h1-2,7-9,16H,3-6,19H2. The molecule has 108 valence electrons. The van der Waals surface area contributed by atoms with Gasteiger partial charge >= 0.3 is 0 Å². The minimum atomic E-state index is -0.180. The molecule has 1 atom stereocenters. The second-order valence-electron chi connectivity index (χ2n) is 5.53. The maximum atomic E-state index is 6.51. The fraction of sp³-hybridized carbons (Fsp3) is 0.294. The maximum Gasteiger partial charge on any atom is 0.127 e. The van der Waals surface area contributed by atoms with Gasteiger partial charge in [-0.15, -0.1) is 0 Å². The molecule has 0 saturated heterocycles. The molecular weight excluding hydrogens is 330 g/mol. The van der Waals surface area contributed by atoms with Crippen molar-refractivity contribution in [3.63, 3.8) is 0 Å². The summed E-state index contributed by atoms with van der Waals surface area (Å²) >= 11 is 3.58. The van der Waals surface area contributed by atoms with E-state index in [0.29, 0.717) is 0 Å². The Bertz CT molecular complexity index is 714. The van der Waals surface area contributed by atoms with Crippen molar-refractivity contribution in [3.8, 4) is 11.5 Å². The van der Waals surface area contributed by atoms with Gasteiger partial charge < -0.3 is 15.2 Å². The van der Waals surface area contributed by atoms with Crippen LogP contribution in [0.4, 0.5) is 0 Å². The molecule has 0 aromatic heterocycles. The molecule has 2 aromatic carbocycles. The molecule has 2 aromatic rings. The van der Waals surface area contributed by atoms with Gasteiger partial charge in [0.1, 0.15) is 11.5 Å². The van der Waals surface area contributed by atoms with E-state index >= 15 is 0 Å². The first-order valence-electron chi connectivity index (χ1n) is 7.19. The summed E-state index contributed by atoms with van der Waals surface area (Å²) in [4.78, 5) is 0. The number of halogens is 1. The second kappa shape index (κ2) is 5.04. The van der Waals surface area contributed by atoms with Crippen LogP contribution in [0, 0.1) is 0 Å². The van der Waals surface area contributed by atoms with Crippen LogP contribution in [-0.4, -0.2) is 13.2 Å². The van der Waals surface area contributed by atoms with E-state index in [-0.39, 0.29) is 6.04 Å². The highest BCUT2D eigenvalue weighted by Gasteiger charge is 2.23. The Balaban J connectivity index is 1.77. The van der Waals surface area contributed by atoms with E-state index < -0.39 is 0 Å². The maximum absolute atomic E-state index is 6.51. The summed E-state index contributed by atoms with van der Waals surface area (Å²) < 4.78 is 12.4. The van der Waals surface area contributed by atoms with Gasteiger partial charge in [0.2, 0.25) is 0 Å². The molecule has 4 heteroatoms. The van der Waals surface area contributed by atoms with E-state index in [1.54, 1.807) is 0 Å². The van der Waals surface area contributed by atoms with Crippen molar-refractivity contribution in [1.29, 1.82) is 0 Å². The number of hydrogen-bond donors (Lipinski definition) is 1. The highest BCUT2D eigenvalue weighted by Crippen LogP contribution is 2.38. The zero-order chi connectivity index (χ0) is 14.4. The summed E-state index contributed by atoms with van der Waals surface area (Å²) in [7, 11) is 0. The number of hydrogen-bond acceptors (Lipinski definition) is 3. The van der Waals surface area contributed by atoms with Crippen LogP contribution in [0.2, 0.25) is 0 Å². The van der Waals surface area contributed by atoms with Crippen LogP contribution in [-0.2, 0) is 12.8 Å². The van der Waals surface area contributed by atoms with Crippen molar-refractivity contribution in [1.82, 2.24) is 0 Å². The van der Waals surface area contributed by atoms with E-state index in [1.165, 1.54) is 11.1 Å². The molecule has 2 N–H and O–H groups in total. The fourth-order valence-corrected chi connectivity index (χ4v) is 3.63. The lowest BCUT2D eigenvalue weighted by molar-refractivity contribution is 0.352. The lowest BCUT2D eigenvalue weighted by atomic mass is 9.95. The summed E-state index contributed by atoms with van der Waals surface area (Å²) in [5, 5.41) is 0. The van der Waals surface area contributed by atoms with Crippen molar-refractivity contribution in [3.05, 3.63) is 57.1 Å². The van der Waals surface area contributed by atoms with Gasteiger partial charge in [-0.3, -0.25) is 0 Å². The van der Waals surface area contributed by atoms with Gasteiger partial charge in [0, 0.05) is 22.9 Å². The van der Waals surface area contributed by atoms with Gasteiger partial charge in [-0.2, -0.15) is 0 Å². The molecule has 0 saturated carbocycles. The van der Waals surface area contributed by atoms with Gasteiger partial charge in [0.15, 0.2) is 0 Å². The number of benzene rings is 2. The first-order valence-corrected chi connectivity index (χ1v) is 7.98. The summed E-state index contributed by atoms with van der Waals surface area (Å²) in [6.07, 6.45) is 1.91. The van der Waals surface area contributed by atoms with E-state index in [0.717, 1.165) is 53.2 Å². The van der Waals surface area contributed by atoms with Crippen LogP contribution in [0.15, 0.2) is 34.8 Å². The Labute approximate surface area is 132 Å². The van der Waals surface area contributed by atoms with Crippen molar-refractivity contribution >= 4 is 15.9 Å². The molecule has 21 heavy (non-hydrogen) atoms. The molecule has 3 nitrogen and oxygen atoms in total. The zero-order valence-electron chi connectivity index (χ0n) is 11.6. The van der Waals surface area contributed by atoms with Crippen molar-refractivity contribution < 1.29 is 9.47 Å². The highest BCUT2D eigenvalue weighted by atomic mass is 79.9. The lowest BCUT2D eigenvalue weighted by Gasteiger charge is -2.17. The zero-order valence-corrected chi connectivity index (χ0v) is 13.2. The highest BCUT2D eigenvalue weighted by molar-refractivity contribution is 9.10. The molecule has 0 radical (unpaired) electrons. The van der Waals surface area contributed by atoms with Crippen LogP contribution < -0.4 is 15.2 Å². The molecule has 0 bridgehead atoms. The van der Waals surface area contributed by atoms with Gasteiger partial charge in [-0.05, 0) is 34.9 Å². The Morgan fingerprint density at radius 3 is 2.71 bits per heavy atom. The Hall–Kier alpha value is -1.52. The lowest BCUT2D eigenvalue weighted by Crippen LogP contribution is -2.13. The monoisotopic (exact) mass is 345 g/mol. The van der Waals surface area contributed by atoms with Crippen LogP contribution in [0.3, 0.4) is 0 Å². The molecule has 4 rings (SSSR count). The van der Waals surface area contributed by atoms with Crippen molar-refractivity contribution in [2.75, 3.05) is 13.2 Å². The van der Waals surface area contributed by atoms with Gasteiger partial charge in [-0.1, -0.05) is 28.1 Å². The Morgan fingerprint density at radius 2 is 1.81 bits per heavy atom. The number of nitrogens with two attached hydrogens (primary N) is 1. The first-order chi connectivity index (χ1) is 10.2. The normalized spacial score (nSPS) is 16.9. The quantitative estimate of drug-likeness (QED) is 0.907. The second-order valence-corrected chi connectivity index (χ2v) is 6.44. The number of rotatable bonds is 2. The smallest absolute Gasteiger partial charge is 0.127 e. The molecule has 2 aliphatic heterocycles. The summed E-state index contributed by atoms with van der Waals surface area (Å²) in [6, 6.07) is 10.2. The van der Waals surface area contributed by atoms with Crippen molar-refractivity contribution in [2.24, 2.45) is 5.73 Å². The molecule has 2 aliphatic rings. The van der Waals surface area contributed by atoms with E-state index in [2.05, 4.69) is 40.2 Å². The van der Waals surface area contributed by atoms with E-state index in [1.807, 2.05) is 6.07 Å².